The molecule has 0 radical (unpaired) electrons. The lowest BCUT2D eigenvalue weighted by molar-refractivity contribution is 0.290. The monoisotopic (exact) mass is 257 g/mol. The van der Waals surface area contributed by atoms with Crippen molar-refractivity contribution in [2.45, 2.75) is 45.4 Å². The number of benzene rings is 1. The van der Waals surface area contributed by atoms with Crippen molar-refractivity contribution >= 4 is 11.0 Å². The topological polar surface area (TPSA) is 40.7 Å². The first-order valence-corrected chi connectivity index (χ1v) is 7.33. The molecule has 0 amide bonds. The zero-order valence-corrected chi connectivity index (χ0v) is 12.1. The van der Waals surface area contributed by atoms with Crippen LogP contribution >= 0.6 is 0 Å². The highest BCUT2D eigenvalue weighted by molar-refractivity contribution is 5.79. The number of aromatic amines is 1. The summed E-state index contributed by atoms with van der Waals surface area (Å²) in [6.45, 7) is 8.75. The predicted molar refractivity (Wildman–Crippen MR) is 79.6 cm³/mol. The van der Waals surface area contributed by atoms with Crippen LogP contribution in [0.1, 0.15) is 43.1 Å². The van der Waals surface area contributed by atoms with Crippen molar-refractivity contribution in [2.75, 3.05) is 13.1 Å². The van der Waals surface area contributed by atoms with E-state index in [4.69, 9.17) is 4.98 Å². The van der Waals surface area contributed by atoms with Crippen LogP contribution in [0.4, 0.5) is 0 Å². The number of hydrogen-bond donors (Lipinski definition) is 2. The van der Waals surface area contributed by atoms with Gasteiger partial charge >= 0.3 is 0 Å². The fourth-order valence-electron chi connectivity index (χ4n) is 3.36. The molecule has 0 saturated carbocycles. The predicted octanol–water partition coefficient (Wildman–Crippen LogP) is 3.21. The van der Waals surface area contributed by atoms with Crippen molar-refractivity contribution in [1.29, 1.82) is 0 Å². The lowest BCUT2D eigenvalue weighted by atomic mass is 9.77. The van der Waals surface area contributed by atoms with Gasteiger partial charge in [0.1, 0.15) is 5.82 Å². The summed E-state index contributed by atoms with van der Waals surface area (Å²) in [6, 6.07) is 4.42. The quantitative estimate of drug-likeness (QED) is 0.867. The van der Waals surface area contributed by atoms with Crippen LogP contribution in [0.5, 0.6) is 0 Å². The molecule has 19 heavy (non-hydrogen) atoms. The molecule has 2 aromatic rings. The van der Waals surface area contributed by atoms with E-state index in [9.17, 15) is 0 Å². The minimum atomic E-state index is 0.192. The standard InChI is InChI=1S/C16H23N3/c1-4-16(6-5-7-17-10-16)15-18-13-9-11(2)8-12(3)14(13)19-15/h8-9,17H,4-7,10H2,1-3H3,(H,18,19). The molecule has 1 unspecified atom stereocenters. The molecule has 0 aliphatic carbocycles. The Bertz CT molecular complexity index is 591. The van der Waals surface area contributed by atoms with Gasteiger partial charge in [0.2, 0.25) is 0 Å². The fraction of sp³-hybridized carbons (Fsp3) is 0.562. The number of nitrogens with one attached hydrogen (secondary N) is 2. The van der Waals surface area contributed by atoms with Gasteiger partial charge in [-0.2, -0.15) is 0 Å². The number of hydrogen-bond acceptors (Lipinski definition) is 2. The second kappa shape index (κ2) is 4.64. The molecule has 3 rings (SSSR count). The van der Waals surface area contributed by atoms with Crippen molar-refractivity contribution in [3.63, 3.8) is 0 Å². The lowest BCUT2D eigenvalue weighted by Gasteiger charge is -2.35. The second-order valence-electron chi connectivity index (χ2n) is 5.98. The molecule has 1 atom stereocenters. The number of aryl methyl sites for hydroxylation is 2. The molecule has 3 heteroatoms. The Balaban J connectivity index is 2.11. The third kappa shape index (κ3) is 2.06. The molecule has 2 heterocycles. The molecule has 102 valence electrons. The van der Waals surface area contributed by atoms with E-state index in [0.29, 0.717) is 0 Å². The molecule has 1 aliphatic rings. The molecule has 1 aliphatic heterocycles. The maximum Gasteiger partial charge on any atom is 0.114 e. The SMILES string of the molecule is CCC1(c2nc3c(C)cc(C)cc3[nH]2)CCCNC1. The maximum atomic E-state index is 4.92. The lowest BCUT2D eigenvalue weighted by Crippen LogP contribution is -2.43. The summed E-state index contributed by atoms with van der Waals surface area (Å²) in [5, 5.41) is 3.54. The van der Waals surface area contributed by atoms with Crippen LogP contribution in [-0.4, -0.2) is 23.1 Å². The van der Waals surface area contributed by atoms with E-state index in [1.165, 1.54) is 35.3 Å². The van der Waals surface area contributed by atoms with Crippen LogP contribution in [0.2, 0.25) is 0 Å². The Morgan fingerprint density at radius 2 is 2.16 bits per heavy atom. The Morgan fingerprint density at radius 3 is 2.84 bits per heavy atom. The summed E-state index contributed by atoms with van der Waals surface area (Å²) in [4.78, 5) is 8.51. The minimum Gasteiger partial charge on any atom is -0.341 e. The summed E-state index contributed by atoms with van der Waals surface area (Å²) < 4.78 is 0. The Kier molecular flexibility index (Phi) is 3.09. The number of rotatable bonds is 2. The van der Waals surface area contributed by atoms with E-state index in [1.807, 2.05) is 0 Å². The number of aromatic nitrogens is 2. The number of nitrogens with zero attached hydrogens (tertiary/aromatic N) is 1. The summed E-state index contributed by atoms with van der Waals surface area (Å²) >= 11 is 0. The van der Waals surface area contributed by atoms with Gasteiger partial charge in [0, 0.05) is 12.0 Å². The van der Waals surface area contributed by atoms with Crippen molar-refractivity contribution in [3.8, 4) is 0 Å². The van der Waals surface area contributed by atoms with Crippen LogP contribution in [0.15, 0.2) is 12.1 Å². The number of piperidine rings is 1. The van der Waals surface area contributed by atoms with Crippen LogP contribution < -0.4 is 5.32 Å². The van der Waals surface area contributed by atoms with Crippen LogP contribution in [0, 0.1) is 13.8 Å². The smallest absolute Gasteiger partial charge is 0.114 e. The highest BCUT2D eigenvalue weighted by atomic mass is 15.0. The van der Waals surface area contributed by atoms with Crippen LogP contribution in [0.3, 0.4) is 0 Å². The van der Waals surface area contributed by atoms with Gasteiger partial charge in [0.25, 0.3) is 0 Å². The van der Waals surface area contributed by atoms with E-state index in [0.717, 1.165) is 25.0 Å². The Labute approximate surface area is 114 Å². The van der Waals surface area contributed by atoms with Gasteiger partial charge in [-0.25, -0.2) is 4.98 Å². The highest BCUT2D eigenvalue weighted by Gasteiger charge is 2.35. The number of H-pyrrole nitrogens is 1. The maximum absolute atomic E-state index is 4.92. The summed E-state index contributed by atoms with van der Waals surface area (Å²) in [5.41, 5.74) is 5.09. The van der Waals surface area contributed by atoms with Gasteiger partial charge in [-0.1, -0.05) is 13.0 Å². The van der Waals surface area contributed by atoms with Crippen molar-refractivity contribution in [1.82, 2.24) is 15.3 Å². The van der Waals surface area contributed by atoms with Crippen LogP contribution in [-0.2, 0) is 5.41 Å². The van der Waals surface area contributed by atoms with Gasteiger partial charge in [-0.15, -0.1) is 0 Å². The molecule has 1 aromatic carbocycles. The normalized spacial score (nSPS) is 23.9. The molecule has 3 nitrogen and oxygen atoms in total. The molecule has 2 N–H and O–H groups in total. The molecule has 0 spiro atoms. The van der Waals surface area contributed by atoms with Gasteiger partial charge in [0.15, 0.2) is 0 Å². The van der Waals surface area contributed by atoms with Crippen molar-refractivity contribution in [2.24, 2.45) is 0 Å². The highest BCUT2D eigenvalue weighted by Crippen LogP contribution is 2.34. The largest absolute Gasteiger partial charge is 0.341 e. The van der Waals surface area contributed by atoms with E-state index in [-0.39, 0.29) is 5.41 Å². The zero-order valence-electron chi connectivity index (χ0n) is 12.1. The summed E-state index contributed by atoms with van der Waals surface area (Å²) in [7, 11) is 0. The Hall–Kier alpha value is -1.35. The molecule has 1 aromatic heterocycles. The second-order valence-corrected chi connectivity index (χ2v) is 5.98. The first kappa shape index (κ1) is 12.7. The Morgan fingerprint density at radius 1 is 1.32 bits per heavy atom. The first-order chi connectivity index (χ1) is 9.14. The van der Waals surface area contributed by atoms with Gasteiger partial charge in [-0.3, -0.25) is 0 Å². The molecule has 1 saturated heterocycles. The average molecular weight is 257 g/mol. The third-order valence-corrected chi connectivity index (χ3v) is 4.57. The van der Waals surface area contributed by atoms with Crippen molar-refractivity contribution < 1.29 is 0 Å². The molecule has 0 bridgehead atoms. The number of imidazole rings is 1. The molecular formula is C16H23N3. The number of fused-ring (bicyclic) bond motifs is 1. The zero-order chi connectivity index (χ0) is 13.5. The molecule has 1 fully saturated rings. The van der Waals surface area contributed by atoms with Gasteiger partial charge in [0.05, 0.1) is 11.0 Å². The van der Waals surface area contributed by atoms with E-state index >= 15 is 0 Å². The summed E-state index contributed by atoms with van der Waals surface area (Å²) in [5.74, 6) is 1.17. The van der Waals surface area contributed by atoms with E-state index in [2.05, 4.69) is 43.2 Å². The fourth-order valence-corrected chi connectivity index (χ4v) is 3.36. The minimum absolute atomic E-state index is 0.192. The van der Waals surface area contributed by atoms with E-state index < -0.39 is 0 Å². The van der Waals surface area contributed by atoms with Crippen LogP contribution in [0.25, 0.3) is 11.0 Å². The van der Waals surface area contributed by atoms with E-state index in [1.54, 1.807) is 0 Å². The average Bonchev–Trinajstić information content (AvgIpc) is 2.84. The first-order valence-electron chi connectivity index (χ1n) is 7.33. The van der Waals surface area contributed by atoms with Gasteiger partial charge in [-0.05, 0) is 56.8 Å². The van der Waals surface area contributed by atoms with Crippen molar-refractivity contribution in [3.05, 3.63) is 29.1 Å². The summed E-state index contributed by atoms with van der Waals surface area (Å²) in [6.07, 6.45) is 3.61. The van der Waals surface area contributed by atoms with Gasteiger partial charge < -0.3 is 10.3 Å². The molecular weight excluding hydrogens is 234 g/mol. The third-order valence-electron chi connectivity index (χ3n) is 4.57.